The molecule has 2 aliphatic rings. The van der Waals surface area contributed by atoms with Crippen LogP contribution in [0.3, 0.4) is 0 Å². The summed E-state index contributed by atoms with van der Waals surface area (Å²) in [6.45, 7) is 2.85. The third kappa shape index (κ3) is 4.76. The molecule has 164 valence electrons. The molecule has 2 heterocycles. The van der Waals surface area contributed by atoms with Gasteiger partial charge in [-0.1, -0.05) is 48.0 Å². The van der Waals surface area contributed by atoms with Gasteiger partial charge in [0.25, 0.3) is 0 Å². The number of ether oxygens (including phenoxy) is 1. The van der Waals surface area contributed by atoms with Crippen LogP contribution in [-0.2, 0) is 16.0 Å². The van der Waals surface area contributed by atoms with E-state index in [1.54, 1.807) is 7.11 Å². The molecule has 2 saturated heterocycles. The zero-order valence-corrected chi connectivity index (χ0v) is 18.5. The third-order valence-electron chi connectivity index (χ3n) is 6.79. The third-order valence-corrected chi connectivity index (χ3v) is 6.79. The molecule has 2 aromatic rings. The van der Waals surface area contributed by atoms with Gasteiger partial charge < -0.3 is 15.0 Å². The van der Waals surface area contributed by atoms with Gasteiger partial charge in [0, 0.05) is 30.5 Å². The van der Waals surface area contributed by atoms with Crippen molar-refractivity contribution in [2.24, 2.45) is 0 Å². The van der Waals surface area contributed by atoms with Gasteiger partial charge in [0.2, 0.25) is 11.8 Å². The number of hydrogen-bond donors (Lipinski definition) is 1. The van der Waals surface area contributed by atoms with Crippen molar-refractivity contribution < 1.29 is 14.3 Å². The quantitative estimate of drug-likeness (QED) is 0.725. The second-order valence-electron chi connectivity index (χ2n) is 8.98. The number of rotatable bonds is 7. The van der Waals surface area contributed by atoms with E-state index in [0.717, 1.165) is 43.5 Å². The Morgan fingerprint density at radius 1 is 1.19 bits per heavy atom. The summed E-state index contributed by atoms with van der Waals surface area (Å²) in [5.74, 6) is 1.09. The van der Waals surface area contributed by atoms with Crippen LogP contribution in [0.2, 0.25) is 0 Å². The predicted molar refractivity (Wildman–Crippen MR) is 121 cm³/mol. The molecule has 2 aliphatic heterocycles. The number of aryl methyl sites for hydroxylation is 1. The summed E-state index contributed by atoms with van der Waals surface area (Å²) in [7, 11) is 1.68. The van der Waals surface area contributed by atoms with Crippen molar-refractivity contribution in [2.45, 2.75) is 63.5 Å². The van der Waals surface area contributed by atoms with Crippen molar-refractivity contribution in [1.29, 1.82) is 0 Å². The lowest BCUT2D eigenvalue weighted by Crippen LogP contribution is -2.45. The van der Waals surface area contributed by atoms with Crippen molar-refractivity contribution in [1.82, 2.24) is 10.2 Å². The molecule has 0 bridgehead atoms. The van der Waals surface area contributed by atoms with Crippen molar-refractivity contribution in [3.63, 3.8) is 0 Å². The molecule has 0 radical (unpaired) electrons. The second kappa shape index (κ2) is 9.13. The van der Waals surface area contributed by atoms with E-state index in [4.69, 9.17) is 4.74 Å². The van der Waals surface area contributed by atoms with Crippen molar-refractivity contribution in [2.75, 3.05) is 13.7 Å². The molecule has 0 saturated carbocycles. The van der Waals surface area contributed by atoms with E-state index < -0.39 is 0 Å². The van der Waals surface area contributed by atoms with Gasteiger partial charge in [0.15, 0.2) is 0 Å². The Hall–Kier alpha value is -2.82. The minimum Gasteiger partial charge on any atom is -0.496 e. The van der Waals surface area contributed by atoms with Crippen LogP contribution in [-0.4, -0.2) is 35.9 Å². The van der Waals surface area contributed by atoms with Crippen LogP contribution in [0.1, 0.15) is 61.3 Å². The van der Waals surface area contributed by atoms with Gasteiger partial charge in [-0.15, -0.1) is 0 Å². The highest BCUT2D eigenvalue weighted by Crippen LogP contribution is 2.38. The van der Waals surface area contributed by atoms with Gasteiger partial charge in [-0.3, -0.25) is 9.59 Å². The van der Waals surface area contributed by atoms with Crippen molar-refractivity contribution in [3.8, 4) is 5.75 Å². The first-order chi connectivity index (χ1) is 15.0. The number of carbonyl (C=O) groups excluding carboxylic acids is 2. The van der Waals surface area contributed by atoms with Crippen molar-refractivity contribution in [3.05, 3.63) is 65.2 Å². The standard InChI is InChI=1S/C26H32N2O3/c1-19-9-11-20(12-10-19)18-26(15-13-24(29)27-26)16-14-25(30)28-17-5-7-22(28)21-6-3-4-8-23(21)31-2/h3-4,6,8-12,22H,5,7,13-18H2,1-2H3,(H,27,29)/t22-,26-/m0/s1. The van der Waals surface area contributed by atoms with E-state index in [1.807, 2.05) is 23.1 Å². The smallest absolute Gasteiger partial charge is 0.223 e. The zero-order chi connectivity index (χ0) is 21.8. The molecule has 1 N–H and O–H groups in total. The van der Waals surface area contributed by atoms with E-state index >= 15 is 0 Å². The summed E-state index contributed by atoms with van der Waals surface area (Å²) >= 11 is 0. The Bertz CT molecular complexity index is 940. The number of methoxy groups -OCH3 is 1. The summed E-state index contributed by atoms with van der Waals surface area (Å²) in [6, 6.07) is 16.5. The van der Waals surface area contributed by atoms with Crippen LogP contribution < -0.4 is 10.1 Å². The highest BCUT2D eigenvalue weighted by molar-refractivity contribution is 5.80. The summed E-state index contributed by atoms with van der Waals surface area (Å²) in [4.78, 5) is 27.4. The van der Waals surface area contributed by atoms with Gasteiger partial charge in [0.1, 0.15) is 5.75 Å². The maximum absolute atomic E-state index is 13.3. The van der Waals surface area contributed by atoms with Crippen LogP contribution in [0.4, 0.5) is 0 Å². The molecule has 5 nitrogen and oxygen atoms in total. The normalized spacial score (nSPS) is 23.1. The maximum atomic E-state index is 13.3. The molecule has 0 aromatic heterocycles. The fourth-order valence-corrected chi connectivity index (χ4v) is 5.10. The average Bonchev–Trinajstić information content (AvgIpc) is 3.41. The van der Waals surface area contributed by atoms with Crippen LogP contribution in [0, 0.1) is 6.92 Å². The van der Waals surface area contributed by atoms with Crippen LogP contribution >= 0.6 is 0 Å². The fourth-order valence-electron chi connectivity index (χ4n) is 5.10. The SMILES string of the molecule is COc1ccccc1[C@@H]1CCCN1C(=O)CC[C@]1(Cc2ccc(C)cc2)CCC(=O)N1. The predicted octanol–water partition coefficient (Wildman–Crippen LogP) is 4.34. The van der Waals surface area contributed by atoms with E-state index in [0.29, 0.717) is 19.3 Å². The molecule has 2 fully saturated rings. The Kier molecular flexibility index (Phi) is 6.30. The Balaban J connectivity index is 1.46. The first-order valence-corrected chi connectivity index (χ1v) is 11.3. The van der Waals surface area contributed by atoms with Crippen LogP contribution in [0.5, 0.6) is 5.75 Å². The molecule has 2 amide bonds. The number of amides is 2. The molecule has 2 atom stereocenters. The molecule has 2 aromatic carbocycles. The molecule has 0 spiro atoms. The number of para-hydroxylation sites is 1. The van der Waals surface area contributed by atoms with Gasteiger partial charge in [0.05, 0.1) is 13.2 Å². The topological polar surface area (TPSA) is 58.6 Å². The largest absolute Gasteiger partial charge is 0.496 e. The number of nitrogens with one attached hydrogen (secondary N) is 1. The van der Waals surface area contributed by atoms with Gasteiger partial charge in [-0.2, -0.15) is 0 Å². The summed E-state index contributed by atoms with van der Waals surface area (Å²) in [5.41, 5.74) is 3.18. The second-order valence-corrected chi connectivity index (χ2v) is 8.98. The molecule has 31 heavy (non-hydrogen) atoms. The Labute approximate surface area is 184 Å². The molecule has 0 unspecified atom stereocenters. The van der Waals surface area contributed by atoms with E-state index in [1.165, 1.54) is 11.1 Å². The summed E-state index contributed by atoms with van der Waals surface area (Å²) in [6.07, 6.45) is 5.15. The van der Waals surface area contributed by atoms with Crippen molar-refractivity contribution >= 4 is 11.8 Å². The summed E-state index contributed by atoms with van der Waals surface area (Å²) < 4.78 is 5.54. The molecular formula is C26H32N2O3. The van der Waals surface area contributed by atoms with Crippen LogP contribution in [0.15, 0.2) is 48.5 Å². The molecule has 0 aliphatic carbocycles. The highest BCUT2D eigenvalue weighted by atomic mass is 16.5. The summed E-state index contributed by atoms with van der Waals surface area (Å²) in [5, 5.41) is 3.21. The lowest BCUT2D eigenvalue weighted by molar-refractivity contribution is -0.132. The number of carbonyl (C=O) groups is 2. The minimum absolute atomic E-state index is 0.0647. The van der Waals surface area contributed by atoms with Crippen LogP contribution in [0.25, 0.3) is 0 Å². The van der Waals surface area contributed by atoms with E-state index in [2.05, 4.69) is 42.6 Å². The number of benzene rings is 2. The van der Waals surface area contributed by atoms with Gasteiger partial charge >= 0.3 is 0 Å². The molecule has 5 heteroatoms. The van der Waals surface area contributed by atoms with E-state index in [-0.39, 0.29) is 23.4 Å². The van der Waals surface area contributed by atoms with E-state index in [9.17, 15) is 9.59 Å². The fraction of sp³-hybridized carbons (Fsp3) is 0.462. The first kappa shape index (κ1) is 21.4. The molecule has 4 rings (SSSR count). The Morgan fingerprint density at radius 2 is 1.97 bits per heavy atom. The Morgan fingerprint density at radius 3 is 2.68 bits per heavy atom. The van der Waals surface area contributed by atoms with Gasteiger partial charge in [-0.05, 0) is 50.7 Å². The average molecular weight is 421 g/mol. The minimum atomic E-state index is -0.332. The maximum Gasteiger partial charge on any atom is 0.223 e. The monoisotopic (exact) mass is 420 g/mol. The lowest BCUT2D eigenvalue weighted by Gasteiger charge is -2.31. The number of likely N-dealkylation sites (tertiary alicyclic amines) is 1. The zero-order valence-electron chi connectivity index (χ0n) is 18.5. The van der Waals surface area contributed by atoms with Gasteiger partial charge in [-0.25, -0.2) is 0 Å². The first-order valence-electron chi connectivity index (χ1n) is 11.3. The number of hydrogen-bond acceptors (Lipinski definition) is 3. The lowest BCUT2D eigenvalue weighted by atomic mass is 9.84. The highest BCUT2D eigenvalue weighted by Gasteiger charge is 2.39. The molecular weight excluding hydrogens is 388 g/mol. The number of nitrogens with zero attached hydrogens (tertiary/aromatic N) is 1.